The van der Waals surface area contributed by atoms with Crippen LogP contribution >= 0.6 is 0 Å². The van der Waals surface area contributed by atoms with Gasteiger partial charge in [-0.1, -0.05) is 103 Å². The number of carboxylic acids is 1. The third kappa shape index (κ3) is 21.6. The number of nitrogens with one attached hydrogen (secondary N) is 1. The fraction of sp³-hybridized carbons (Fsp3) is 0.909. The molecule has 2 N–H and O–H groups in total. The molecule has 0 atom stereocenters. The number of unbranched alkanes of at least 4 members (excludes halogenated alkanes) is 15. The SMILES string of the molecule is CCCCCCCCCCCCCCCCCCOS(=O)(=O)NC(=O)CCC(=O)O. The molecule has 0 aliphatic heterocycles. The van der Waals surface area contributed by atoms with E-state index in [2.05, 4.69) is 6.92 Å². The van der Waals surface area contributed by atoms with E-state index in [1.54, 1.807) is 4.72 Å². The summed E-state index contributed by atoms with van der Waals surface area (Å²) in [6, 6.07) is 0. The Kier molecular flexibility index (Phi) is 19.0. The number of carboxylic acid groups (broad SMARTS) is 1. The first kappa shape index (κ1) is 28.9. The molecule has 0 aromatic heterocycles. The van der Waals surface area contributed by atoms with Crippen LogP contribution < -0.4 is 4.72 Å². The maximum atomic E-state index is 11.5. The lowest BCUT2D eigenvalue weighted by Crippen LogP contribution is -2.32. The van der Waals surface area contributed by atoms with Gasteiger partial charge >= 0.3 is 16.3 Å². The molecule has 0 spiro atoms. The Hall–Kier alpha value is -1.15. The lowest BCUT2D eigenvalue weighted by atomic mass is 10.0. The van der Waals surface area contributed by atoms with Crippen LogP contribution in [0, 0.1) is 0 Å². The van der Waals surface area contributed by atoms with Crippen molar-refractivity contribution in [1.29, 1.82) is 0 Å². The fourth-order valence-electron chi connectivity index (χ4n) is 3.26. The normalized spacial score (nSPS) is 11.5. The van der Waals surface area contributed by atoms with E-state index in [0.717, 1.165) is 19.3 Å². The van der Waals surface area contributed by atoms with Gasteiger partial charge < -0.3 is 5.11 Å². The van der Waals surface area contributed by atoms with Crippen LogP contribution in [0.15, 0.2) is 0 Å². The number of hydrogen-bond donors (Lipinski definition) is 2. The lowest BCUT2D eigenvalue weighted by molar-refractivity contribution is -0.138. The van der Waals surface area contributed by atoms with Crippen molar-refractivity contribution in [2.75, 3.05) is 6.61 Å². The molecular formula is C22H43NO6S. The van der Waals surface area contributed by atoms with Crippen LogP contribution in [0.5, 0.6) is 0 Å². The van der Waals surface area contributed by atoms with Gasteiger partial charge in [0, 0.05) is 6.42 Å². The summed E-state index contributed by atoms with van der Waals surface area (Å²) >= 11 is 0. The first-order valence-electron chi connectivity index (χ1n) is 11.8. The van der Waals surface area contributed by atoms with E-state index in [4.69, 9.17) is 9.29 Å². The van der Waals surface area contributed by atoms with E-state index >= 15 is 0 Å². The minimum atomic E-state index is -4.14. The van der Waals surface area contributed by atoms with Gasteiger partial charge in [0.25, 0.3) is 0 Å². The molecule has 0 radical (unpaired) electrons. The second-order valence-electron chi connectivity index (χ2n) is 8.00. The summed E-state index contributed by atoms with van der Waals surface area (Å²) in [7, 11) is -4.14. The highest BCUT2D eigenvalue weighted by Gasteiger charge is 2.15. The third-order valence-electron chi connectivity index (χ3n) is 5.04. The summed E-state index contributed by atoms with van der Waals surface area (Å²) in [5.41, 5.74) is 0. The molecule has 1 amide bonds. The molecule has 0 aromatic carbocycles. The van der Waals surface area contributed by atoms with Gasteiger partial charge in [0.1, 0.15) is 0 Å². The Morgan fingerprint density at radius 2 is 1.10 bits per heavy atom. The number of rotatable bonds is 22. The summed E-state index contributed by atoms with van der Waals surface area (Å²) < 4.78 is 29.5. The predicted molar refractivity (Wildman–Crippen MR) is 119 cm³/mol. The van der Waals surface area contributed by atoms with Crippen molar-refractivity contribution in [1.82, 2.24) is 4.72 Å². The topological polar surface area (TPSA) is 110 Å². The van der Waals surface area contributed by atoms with Gasteiger partial charge in [-0.05, 0) is 6.42 Å². The van der Waals surface area contributed by atoms with Gasteiger partial charge in [-0.2, -0.15) is 8.42 Å². The zero-order valence-electron chi connectivity index (χ0n) is 18.8. The summed E-state index contributed by atoms with van der Waals surface area (Å²) in [5, 5.41) is 8.47. The van der Waals surface area contributed by atoms with E-state index in [-0.39, 0.29) is 6.61 Å². The summed E-state index contributed by atoms with van der Waals surface area (Å²) in [6.07, 6.45) is 19.0. The molecule has 0 saturated carbocycles. The van der Waals surface area contributed by atoms with Crippen LogP contribution in [0.1, 0.15) is 122 Å². The van der Waals surface area contributed by atoms with Crippen LogP contribution in [0.25, 0.3) is 0 Å². The number of hydrogen-bond acceptors (Lipinski definition) is 5. The first-order valence-corrected chi connectivity index (χ1v) is 13.2. The van der Waals surface area contributed by atoms with Gasteiger partial charge in [-0.15, -0.1) is 0 Å². The molecule has 8 heteroatoms. The van der Waals surface area contributed by atoms with E-state index < -0.39 is 35.0 Å². The molecule has 7 nitrogen and oxygen atoms in total. The smallest absolute Gasteiger partial charge is 0.362 e. The Bertz CT molecular complexity index is 536. The Labute approximate surface area is 183 Å². The predicted octanol–water partition coefficient (Wildman–Crippen LogP) is 5.49. The van der Waals surface area contributed by atoms with Crippen molar-refractivity contribution in [3.8, 4) is 0 Å². The molecule has 30 heavy (non-hydrogen) atoms. The van der Waals surface area contributed by atoms with Crippen molar-refractivity contribution in [3.63, 3.8) is 0 Å². The molecule has 0 rings (SSSR count). The molecular weight excluding hydrogens is 406 g/mol. The maximum absolute atomic E-state index is 11.5. The number of carbonyl (C=O) groups is 2. The average molecular weight is 450 g/mol. The quantitative estimate of drug-likeness (QED) is 0.211. The minimum Gasteiger partial charge on any atom is -0.481 e. The monoisotopic (exact) mass is 449 g/mol. The Balaban J connectivity index is 3.37. The van der Waals surface area contributed by atoms with E-state index in [1.807, 2.05) is 0 Å². The van der Waals surface area contributed by atoms with Crippen molar-refractivity contribution < 1.29 is 27.3 Å². The summed E-state index contributed by atoms with van der Waals surface area (Å²) in [4.78, 5) is 21.7. The number of amides is 1. The average Bonchev–Trinajstić information content (AvgIpc) is 2.68. The molecule has 0 aliphatic rings. The number of aliphatic carboxylic acids is 1. The molecule has 0 fully saturated rings. The van der Waals surface area contributed by atoms with E-state index in [1.165, 1.54) is 77.0 Å². The van der Waals surface area contributed by atoms with Crippen molar-refractivity contribution in [3.05, 3.63) is 0 Å². The summed E-state index contributed by atoms with van der Waals surface area (Å²) in [5.74, 6) is -2.03. The molecule has 0 heterocycles. The molecule has 178 valence electrons. The van der Waals surface area contributed by atoms with Crippen molar-refractivity contribution >= 4 is 22.2 Å². The van der Waals surface area contributed by atoms with Gasteiger partial charge in [0.15, 0.2) is 0 Å². The van der Waals surface area contributed by atoms with Crippen molar-refractivity contribution in [2.24, 2.45) is 0 Å². The Morgan fingerprint density at radius 3 is 1.50 bits per heavy atom. The fourth-order valence-corrected chi connectivity index (χ4v) is 4.04. The third-order valence-corrected chi connectivity index (χ3v) is 6.00. The number of carbonyl (C=O) groups excluding carboxylic acids is 1. The van der Waals surface area contributed by atoms with Gasteiger partial charge in [-0.25, -0.2) is 4.72 Å². The zero-order chi connectivity index (χ0) is 22.5. The summed E-state index contributed by atoms with van der Waals surface area (Å²) in [6.45, 7) is 2.28. The van der Waals surface area contributed by atoms with Crippen LogP contribution in [0.3, 0.4) is 0 Å². The van der Waals surface area contributed by atoms with E-state index in [9.17, 15) is 18.0 Å². The highest BCUT2D eigenvalue weighted by atomic mass is 32.2. The molecule has 0 aromatic rings. The van der Waals surface area contributed by atoms with E-state index in [0.29, 0.717) is 6.42 Å². The molecule has 0 aliphatic carbocycles. The first-order chi connectivity index (χ1) is 14.4. The Morgan fingerprint density at radius 1 is 0.700 bits per heavy atom. The largest absolute Gasteiger partial charge is 0.481 e. The van der Waals surface area contributed by atoms with Crippen LogP contribution in [-0.4, -0.2) is 32.0 Å². The molecule has 0 bridgehead atoms. The molecule has 0 unspecified atom stereocenters. The molecule has 0 saturated heterocycles. The highest BCUT2D eigenvalue weighted by Crippen LogP contribution is 2.13. The second kappa shape index (κ2) is 19.8. The van der Waals surface area contributed by atoms with Gasteiger partial charge in [-0.3, -0.25) is 13.8 Å². The standard InChI is InChI=1S/C22H43NO6S/c1-2-3-4-5-6-7-8-9-10-11-12-13-14-15-16-17-20-29-30(27,28)23-21(24)18-19-22(25)26/h2-20H2,1H3,(H,23,24)(H,25,26). The second-order valence-corrected chi connectivity index (χ2v) is 9.35. The van der Waals surface area contributed by atoms with Crippen molar-refractivity contribution in [2.45, 2.75) is 122 Å². The van der Waals surface area contributed by atoms with Crippen LogP contribution in [0.4, 0.5) is 0 Å². The minimum absolute atomic E-state index is 0.0278. The van der Waals surface area contributed by atoms with Crippen LogP contribution in [0.2, 0.25) is 0 Å². The van der Waals surface area contributed by atoms with Crippen LogP contribution in [-0.2, 0) is 24.1 Å². The van der Waals surface area contributed by atoms with Gasteiger partial charge in [0.05, 0.1) is 13.0 Å². The van der Waals surface area contributed by atoms with Gasteiger partial charge in [0.2, 0.25) is 5.91 Å². The maximum Gasteiger partial charge on any atom is 0.362 e. The zero-order valence-corrected chi connectivity index (χ0v) is 19.6. The highest BCUT2D eigenvalue weighted by molar-refractivity contribution is 7.85. The lowest BCUT2D eigenvalue weighted by Gasteiger charge is -2.07.